The second-order valence-electron chi connectivity index (χ2n) is 6.08. The molecule has 7 heteroatoms. The monoisotopic (exact) mass is 350 g/mol. The van der Waals surface area contributed by atoms with Gasteiger partial charge in [-0.25, -0.2) is 9.18 Å². The van der Waals surface area contributed by atoms with Gasteiger partial charge in [0.1, 0.15) is 11.9 Å². The van der Waals surface area contributed by atoms with E-state index in [4.69, 9.17) is 4.74 Å². The third-order valence-electron chi connectivity index (χ3n) is 4.17. The summed E-state index contributed by atoms with van der Waals surface area (Å²) in [4.78, 5) is 38.1. The molecule has 1 fully saturated rings. The first-order valence-corrected chi connectivity index (χ1v) is 8.44. The van der Waals surface area contributed by atoms with Gasteiger partial charge >= 0.3 is 5.97 Å². The molecule has 1 aliphatic rings. The molecule has 0 spiro atoms. The van der Waals surface area contributed by atoms with Crippen LogP contribution in [0.4, 0.5) is 4.39 Å². The zero-order valence-electron chi connectivity index (χ0n) is 14.5. The van der Waals surface area contributed by atoms with Crippen molar-refractivity contribution in [3.8, 4) is 0 Å². The predicted molar refractivity (Wildman–Crippen MR) is 89.3 cm³/mol. The largest absolute Gasteiger partial charge is 0.464 e. The van der Waals surface area contributed by atoms with Crippen molar-refractivity contribution in [3.05, 3.63) is 35.6 Å². The summed E-state index contributed by atoms with van der Waals surface area (Å²) in [7, 11) is 0. The normalized spacial score (nSPS) is 18.4. The summed E-state index contributed by atoms with van der Waals surface area (Å²) in [5.74, 6) is -1.76. The number of carbonyl (C=O) groups excluding carboxylic acids is 3. The van der Waals surface area contributed by atoms with E-state index in [1.54, 1.807) is 18.7 Å². The summed E-state index contributed by atoms with van der Waals surface area (Å²) >= 11 is 0. The summed E-state index contributed by atoms with van der Waals surface area (Å²) in [6, 6.07) is 4.62. The van der Waals surface area contributed by atoms with Crippen LogP contribution in [0, 0.1) is 11.7 Å². The van der Waals surface area contributed by atoms with E-state index < -0.39 is 17.8 Å². The Labute approximate surface area is 146 Å². The fraction of sp³-hybridized carbons (Fsp3) is 0.500. The first kappa shape index (κ1) is 18.9. The molecule has 1 saturated heterocycles. The van der Waals surface area contributed by atoms with Crippen molar-refractivity contribution in [2.75, 3.05) is 19.7 Å². The molecule has 2 atom stereocenters. The van der Waals surface area contributed by atoms with Crippen LogP contribution in [0.3, 0.4) is 0 Å². The number of nitrogens with one attached hydrogen (secondary N) is 1. The molecule has 25 heavy (non-hydrogen) atoms. The molecule has 136 valence electrons. The number of nitrogens with zero attached hydrogens (tertiary/aromatic N) is 1. The lowest BCUT2D eigenvalue weighted by atomic mass is 9.96. The van der Waals surface area contributed by atoms with Crippen LogP contribution < -0.4 is 5.32 Å². The summed E-state index contributed by atoms with van der Waals surface area (Å²) in [5.41, 5.74) is 0.391. The van der Waals surface area contributed by atoms with Gasteiger partial charge in [-0.05, 0) is 51.0 Å². The molecule has 1 heterocycles. The van der Waals surface area contributed by atoms with Crippen molar-refractivity contribution in [2.24, 2.45) is 5.92 Å². The molecule has 0 aromatic heterocycles. The van der Waals surface area contributed by atoms with E-state index in [1.807, 2.05) is 0 Å². The third kappa shape index (κ3) is 5.01. The van der Waals surface area contributed by atoms with Gasteiger partial charge in [0.05, 0.1) is 12.5 Å². The van der Waals surface area contributed by atoms with Gasteiger partial charge in [0, 0.05) is 18.7 Å². The highest BCUT2D eigenvalue weighted by molar-refractivity contribution is 5.94. The second-order valence-corrected chi connectivity index (χ2v) is 6.08. The number of likely N-dealkylation sites (tertiary alicyclic amines) is 1. The Morgan fingerprint density at radius 1 is 1.32 bits per heavy atom. The molecule has 0 radical (unpaired) electrons. The van der Waals surface area contributed by atoms with Crippen LogP contribution in [0.15, 0.2) is 24.3 Å². The molecule has 1 aliphatic heterocycles. The van der Waals surface area contributed by atoms with Crippen LogP contribution in [-0.4, -0.2) is 48.4 Å². The van der Waals surface area contributed by atoms with E-state index in [0.29, 0.717) is 24.9 Å². The van der Waals surface area contributed by atoms with Crippen LogP contribution in [0.25, 0.3) is 0 Å². The Kier molecular flexibility index (Phi) is 6.50. The maximum Gasteiger partial charge on any atom is 0.328 e. The molecule has 0 aliphatic carbocycles. The molecular formula is C18H23FN2O4. The Morgan fingerprint density at radius 2 is 2.00 bits per heavy atom. The Morgan fingerprint density at radius 3 is 2.64 bits per heavy atom. The van der Waals surface area contributed by atoms with Gasteiger partial charge in [0.15, 0.2) is 0 Å². The Hall–Kier alpha value is -2.44. The van der Waals surface area contributed by atoms with E-state index in [9.17, 15) is 18.8 Å². The number of ether oxygens (including phenoxy) is 1. The smallest absolute Gasteiger partial charge is 0.328 e. The molecule has 6 nitrogen and oxygen atoms in total. The van der Waals surface area contributed by atoms with Gasteiger partial charge < -0.3 is 15.0 Å². The standard InChI is InChI=1S/C18H23FN2O4/c1-3-25-18(24)12(2)20-16(22)14-5-4-10-21(11-14)17(23)13-6-8-15(19)9-7-13/h6-9,12,14H,3-5,10-11H2,1-2H3,(H,20,22). The minimum Gasteiger partial charge on any atom is -0.464 e. The molecule has 1 aromatic rings. The van der Waals surface area contributed by atoms with Gasteiger partial charge in [-0.2, -0.15) is 0 Å². The summed E-state index contributed by atoms with van der Waals surface area (Å²) < 4.78 is 17.9. The number of piperidine rings is 1. The molecule has 1 N–H and O–H groups in total. The maximum atomic E-state index is 13.0. The SMILES string of the molecule is CCOC(=O)C(C)NC(=O)C1CCCN(C(=O)c2ccc(F)cc2)C1. The van der Waals surface area contributed by atoms with Crippen LogP contribution in [0.2, 0.25) is 0 Å². The molecule has 2 unspecified atom stereocenters. The van der Waals surface area contributed by atoms with Crippen LogP contribution in [0.1, 0.15) is 37.0 Å². The lowest BCUT2D eigenvalue weighted by Gasteiger charge is -2.32. The maximum absolute atomic E-state index is 13.0. The van der Waals surface area contributed by atoms with Gasteiger partial charge in [-0.15, -0.1) is 0 Å². The average Bonchev–Trinajstić information content (AvgIpc) is 2.62. The number of rotatable bonds is 5. The average molecular weight is 350 g/mol. The Bertz CT molecular complexity index is 632. The van der Waals surface area contributed by atoms with Crippen LogP contribution in [0.5, 0.6) is 0 Å². The molecular weight excluding hydrogens is 327 g/mol. The van der Waals surface area contributed by atoms with Gasteiger partial charge in [0.2, 0.25) is 5.91 Å². The fourth-order valence-electron chi connectivity index (χ4n) is 2.81. The van der Waals surface area contributed by atoms with E-state index in [2.05, 4.69) is 5.32 Å². The minimum atomic E-state index is -0.726. The highest BCUT2D eigenvalue weighted by Crippen LogP contribution is 2.19. The van der Waals surface area contributed by atoms with Crippen molar-refractivity contribution in [1.29, 1.82) is 0 Å². The molecule has 2 amide bonds. The highest BCUT2D eigenvalue weighted by Gasteiger charge is 2.30. The minimum absolute atomic E-state index is 0.226. The number of benzene rings is 1. The van der Waals surface area contributed by atoms with Gasteiger partial charge in [-0.3, -0.25) is 9.59 Å². The number of esters is 1. The number of hydrogen-bond acceptors (Lipinski definition) is 4. The number of halogens is 1. The predicted octanol–water partition coefficient (Wildman–Crippen LogP) is 1.75. The van der Waals surface area contributed by atoms with Gasteiger partial charge in [0.25, 0.3) is 5.91 Å². The lowest BCUT2D eigenvalue weighted by molar-refractivity contribution is -0.147. The number of carbonyl (C=O) groups is 3. The fourth-order valence-corrected chi connectivity index (χ4v) is 2.81. The van der Waals surface area contributed by atoms with Crippen molar-refractivity contribution in [2.45, 2.75) is 32.7 Å². The van der Waals surface area contributed by atoms with E-state index in [-0.39, 0.29) is 30.9 Å². The topological polar surface area (TPSA) is 75.7 Å². The number of amides is 2. The second kappa shape index (κ2) is 8.60. The zero-order valence-corrected chi connectivity index (χ0v) is 14.5. The van der Waals surface area contributed by atoms with Crippen molar-refractivity contribution in [1.82, 2.24) is 10.2 Å². The molecule has 0 saturated carbocycles. The zero-order chi connectivity index (χ0) is 18.4. The Balaban J connectivity index is 1.95. The summed E-state index contributed by atoms with van der Waals surface area (Å²) in [6.45, 7) is 4.35. The summed E-state index contributed by atoms with van der Waals surface area (Å²) in [5, 5.41) is 2.64. The van der Waals surface area contributed by atoms with Gasteiger partial charge in [-0.1, -0.05) is 0 Å². The van der Waals surface area contributed by atoms with Crippen molar-refractivity contribution >= 4 is 17.8 Å². The third-order valence-corrected chi connectivity index (χ3v) is 4.17. The molecule has 1 aromatic carbocycles. The molecule has 2 rings (SSSR count). The van der Waals surface area contributed by atoms with Crippen molar-refractivity contribution < 1.29 is 23.5 Å². The first-order chi connectivity index (χ1) is 11.9. The molecule has 0 bridgehead atoms. The quantitative estimate of drug-likeness (QED) is 0.821. The highest BCUT2D eigenvalue weighted by atomic mass is 19.1. The van der Waals surface area contributed by atoms with Crippen LogP contribution >= 0.6 is 0 Å². The first-order valence-electron chi connectivity index (χ1n) is 8.44. The summed E-state index contributed by atoms with van der Waals surface area (Å²) in [6.07, 6.45) is 1.34. The van der Waals surface area contributed by atoms with Crippen LogP contribution in [-0.2, 0) is 14.3 Å². The van der Waals surface area contributed by atoms with E-state index in [1.165, 1.54) is 24.3 Å². The van der Waals surface area contributed by atoms with Crippen molar-refractivity contribution in [3.63, 3.8) is 0 Å². The number of hydrogen-bond donors (Lipinski definition) is 1. The lowest BCUT2D eigenvalue weighted by Crippen LogP contribution is -2.48. The van der Waals surface area contributed by atoms with E-state index >= 15 is 0 Å². The van der Waals surface area contributed by atoms with E-state index in [0.717, 1.165) is 0 Å².